The molecule has 0 aliphatic carbocycles. The summed E-state index contributed by atoms with van der Waals surface area (Å²) < 4.78 is 5.51. The topological polar surface area (TPSA) is 41.8 Å². The fourth-order valence-electron chi connectivity index (χ4n) is 3.30. The van der Waals surface area contributed by atoms with Crippen molar-refractivity contribution in [3.05, 3.63) is 77.4 Å². The van der Waals surface area contributed by atoms with Gasteiger partial charge >= 0.3 is 42.6 Å². The van der Waals surface area contributed by atoms with Gasteiger partial charge in [-0.25, -0.2) is 0 Å². The van der Waals surface area contributed by atoms with Gasteiger partial charge in [0.05, 0.1) is 12.8 Å². The zero-order valence-corrected chi connectivity index (χ0v) is 22.6. The Morgan fingerprint density at radius 3 is 2.09 bits per heavy atom. The first kappa shape index (κ1) is 26.8. The third-order valence-electron chi connectivity index (χ3n) is 4.74. The molecule has 0 atom stereocenters. The molecule has 3 aromatic rings. The summed E-state index contributed by atoms with van der Waals surface area (Å²) in [4.78, 5) is 4.71. The van der Waals surface area contributed by atoms with E-state index in [4.69, 9.17) is 37.6 Å². The van der Waals surface area contributed by atoms with E-state index >= 15 is 0 Å². The van der Waals surface area contributed by atoms with Crippen LogP contribution >= 0.6 is 27.9 Å². The molecule has 0 aliphatic heterocycles. The van der Waals surface area contributed by atoms with E-state index in [-0.39, 0.29) is 11.2 Å². The number of para-hydroxylation sites is 2. The van der Waals surface area contributed by atoms with E-state index in [1.807, 2.05) is 67.6 Å². The van der Waals surface area contributed by atoms with Gasteiger partial charge in [-0.3, -0.25) is 4.99 Å². The Morgan fingerprint density at radius 2 is 1.50 bits per heavy atom. The first-order valence-electron chi connectivity index (χ1n) is 9.98. The predicted octanol–water partition coefficient (Wildman–Crippen LogP) is 8.49. The second-order valence-corrected chi connectivity index (χ2v) is 15.9. The quantitative estimate of drug-likeness (QED) is 0.273. The van der Waals surface area contributed by atoms with Gasteiger partial charge in [0, 0.05) is 28.5 Å². The van der Waals surface area contributed by atoms with Crippen LogP contribution in [0, 0.1) is 6.92 Å². The second kappa shape index (κ2) is 12.1. The first-order valence-corrected chi connectivity index (χ1v) is 16.4. The number of benzene rings is 3. The number of hydrogen-bond acceptors (Lipinski definition) is 3. The average molecular weight is 528 g/mol. The SMILES string of the molecule is COc1ccccc1-c1ccccc1N=Cc1cc(C)cc(C(C)(C)C)c1O.[Cl][Ti]([Cl])[Cl]. The molecule has 3 nitrogen and oxygen atoms in total. The number of rotatable bonds is 4. The number of phenols is 1. The van der Waals surface area contributed by atoms with Crippen LogP contribution in [0.15, 0.2) is 65.7 Å². The van der Waals surface area contributed by atoms with Gasteiger partial charge in [-0.15, -0.1) is 0 Å². The summed E-state index contributed by atoms with van der Waals surface area (Å²) in [5, 5.41) is 10.8. The summed E-state index contributed by atoms with van der Waals surface area (Å²) >= 11 is -1.92. The number of methoxy groups -OCH3 is 1. The number of phenolic OH excluding ortho intramolecular Hbond substituents is 1. The van der Waals surface area contributed by atoms with Crippen LogP contribution < -0.4 is 4.74 Å². The van der Waals surface area contributed by atoms with Crippen LogP contribution in [0.5, 0.6) is 11.5 Å². The summed E-state index contributed by atoms with van der Waals surface area (Å²) in [6.07, 6.45) is 1.74. The van der Waals surface area contributed by atoms with Crippen molar-refractivity contribution in [2.45, 2.75) is 33.1 Å². The van der Waals surface area contributed by atoms with Gasteiger partial charge in [0.25, 0.3) is 0 Å². The van der Waals surface area contributed by atoms with E-state index < -0.39 is 14.7 Å². The van der Waals surface area contributed by atoms with Crippen molar-refractivity contribution in [3.8, 4) is 22.6 Å². The number of ether oxygens (including phenoxy) is 1. The average Bonchev–Trinajstić information content (AvgIpc) is 2.73. The molecule has 0 aliphatic rings. The molecule has 0 spiro atoms. The minimum atomic E-state index is -1.92. The van der Waals surface area contributed by atoms with Crippen LogP contribution in [-0.2, 0) is 20.1 Å². The van der Waals surface area contributed by atoms with Crippen molar-refractivity contribution in [1.82, 2.24) is 0 Å². The Bertz CT molecular complexity index is 1080. The molecule has 0 saturated heterocycles. The molecule has 0 amide bonds. The Labute approximate surface area is 208 Å². The summed E-state index contributed by atoms with van der Waals surface area (Å²) in [6.45, 7) is 8.33. The molecular weight excluding hydrogens is 501 g/mol. The number of aliphatic imine (C=N–C) groups is 1. The van der Waals surface area contributed by atoms with Gasteiger partial charge in [-0.05, 0) is 36.1 Å². The Morgan fingerprint density at radius 1 is 0.938 bits per heavy atom. The van der Waals surface area contributed by atoms with Gasteiger partial charge in [0.15, 0.2) is 0 Å². The molecule has 0 unspecified atom stereocenters. The molecule has 0 heterocycles. The minimum absolute atomic E-state index is 0.145. The number of halogens is 3. The standard InChI is InChI=1S/C25H27NO2.3ClH.Ti/c1-17-14-18(24(27)21(15-17)25(2,3)4)16-26-22-12-8-6-10-19(22)20-11-7-9-13-23(20)28-5;;;;/h6-16,27H,1-5H3;3*1H;/q;;;;+3/p-3. The van der Waals surface area contributed by atoms with Gasteiger partial charge in [-0.1, -0.05) is 63.2 Å². The summed E-state index contributed by atoms with van der Waals surface area (Å²) in [5.74, 6) is 1.09. The van der Waals surface area contributed by atoms with Crippen LogP contribution in [0.4, 0.5) is 5.69 Å². The monoisotopic (exact) mass is 526 g/mol. The number of aryl methyl sites for hydroxylation is 1. The molecule has 169 valence electrons. The van der Waals surface area contributed by atoms with E-state index in [2.05, 4.69) is 20.8 Å². The normalized spacial score (nSPS) is 11.1. The van der Waals surface area contributed by atoms with Crippen molar-refractivity contribution in [1.29, 1.82) is 0 Å². The summed E-state index contributed by atoms with van der Waals surface area (Å²) in [5.41, 5.74) is 5.40. The molecule has 1 N–H and O–H groups in total. The zero-order chi connectivity index (χ0) is 23.9. The maximum absolute atomic E-state index is 10.8. The van der Waals surface area contributed by atoms with Crippen LogP contribution in [0.3, 0.4) is 0 Å². The van der Waals surface area contributed by atoms with E-state index in [1.165, 1.54) is 0 Å². The summed E-state index contributed by atoms with van der Waals surface area (Å²) in [7, 11) is 16.6. The molecule has 0 fully saturated rings. The predicted molar refractivity (Wildman–Crippen MR) is 135 cm³/mol. The molecule has 3 aromatic carbocycles. The van der Waals surface area contributed by atoms with Crippen LogP contribution in [0.2, 0.25) is 0 Å². The molecule has 7 heteroatoms. The van der Waals surface area contributed by atoms with Crippen molar-refractivity contribution < 1.29 is 24.5 Å². The third-order valence-corrected chi connectivity index (χ3v) is 4.74. The van der Waals surface area contributed by atoms with E-state index in [1.54, 1.807) is 13.3 Å². The molecular formula is C25H27Cl3NO2Ti. The van der Waals surface area contributed by atoms with Crippen molar-refractivity contribution in [3.63, 3.8) is 0 Å². The molecule has 0 aromatic heterocycles. The van der Waals surface area contributed by atoms with Gasteiger partial charge in [0.1, 0.15) is 11.5 Å². The van der Waals surface area contributed by atoms with Gasteiger partial charge in [0.2, 0.25) is 0 Å². The number of hydrogen-bond donors (Lipinski definition) is 1. The number of aromatic hydroxyl groups is 1. The molecule has 0 radical (unpaired) electrons. The van der Waals surface area contributed by atoms with Crippen molar-refractivity contribution in [2.24, 2.45) is 4.99 Å². The van der Waals surface area contributed by atoms with Crippen molar-refractivity contribution in [2.75, 3.05) is 7.11 Å². The van der Waals surface area contributed by atoms with Crippen molar-refractivity contribution >= 4 is 39.8 Å². The van der Waals surface area contributed by atoms with E-state index in [9.17, 15) is 5.11 Å². The Kier molecular flexibility index (Phi) is 10.1. The van der Waals surface area contributed by atoms with Crippen LogP contribution in [0.1, 0.15) is 37.5 Å². The summed E-state index contributed by atoms with van der Waals surface area (Å²) in [6, 6.07) is 19.8. The fourth-order valence-corrected chi connectivity index (χ4v) is 3.30. The zero-order valence-electron chi connectivity index (χ0n) is 18.8. The third kappa shape index (κ3) is 7.54. The Hall–Kier alpha value is -1.49. The van der Waals surface area contributed by atoms with Gasteiger partial charge < -0.3 is 9.84 Å². The Balaban J connectivity index is 0.000000837. The van der Waals surface area contributed by atoms with Crippen LogP contribution in [-0.4, -0.2) is 18.4 Å². The molecule has 3 rings (SSSR count). The maximum atomic E-state index is 10.8. The van der Waals surface area contributed by atoms with E-state index in [0.717, 1.165) is 39.3 Å². The first-order chi connectivity index (χ1) is 15.0. The van der Waals surface area contributed by atoms with Crippen LogP contribution in [0.25, 0.3) is 11.1 Å². The molecule has 32 heavy (non-hydrogen) atoms. The molecule has 0 bridgehead atoms. The van der Waals surface area contributed by atoms with Gasteiger partial charge in [-0.2, -0.15) is 0 Å². The number of nitrogens with zero attached hydrogens (tertiary/aromatic N) is 1. The molecule has 0 saturated carbocycles. The second-order valence-electron chi connectivity index (χ2n) is 8.19. The van der Waals surface area contributed by atoms with E-state index in [0.29, 0.717) is 0 Å². The fraction of sp³-hybridized carbons (Fsp3) is 0.240.